The van der Waals surface area contributed by atoms with Crippen molar-refractivity contribution in [2.24, 2.45) is 11.7 Å². The highest BCUT2D eigenvalue weighted by Crippen LogP contribution is 2.10. The summed E-state index contributed by atoms with van der Waals surface area (Å²) in [6.07, 6.45) is 5.83. The van der Waals surface area contributed by atoms with Crippen LogP contribution in [0.2, 0.25) is 0 Å². The number of carbonyl (C=O) groups is 1. The first kappa shape index (κ1) is 12.3. The summed E-state index contributed by atoms with van der Waals surface area (Å²) in [4.78, 5) is 11.3. The highest BCUT2D eigenvalue weighted by molar-refractivity contribution is 5.72. The van der Waals surface area contributed by atoms with E-state index in [1.807, 2.05) is 24.3 Å². The lowest BCUT2D eigenvalue weighted by Crippen LogP contribution is -2.26. The summed E-state index contributed by atoms with van der Waals surface area (Å²) in [6, 6.07) is 7.50. The molecule has 1 aromatic carbocycles. The second kappa shape index (κ2) is 5.94. The highest BCUT2D eigenvalue weighted by Gasteiger charge is 2.17. The van der Waals surface area contributed by atoms with Crippen molar-refractivity contribution >= 4 is 5.97 Å². The molecule has 1 rings (SSSR count). The van der Waals surface area contributed by atoms with E-state index >= 15 is 0 Å². The van der Waals surface area contributed by atoms with E-state index in [-0.39, 0.29) is 18.4 Å². The Balaban J connectivity index is 2.71. The summed E-state index contributed by atoms with van der Waals surface area (Å²) in [6.45, 7) is 0.281. The van der Waals surface area contributed by atoms with Crippen LogP contribution in [0, 0.1) is 18.3 Å². The van der Waals surface area contributed by atoms with E-state index in [0.29, 0.717) is 6.42 Å². The van der Waals surface area contributed by atoms with E-state index in [9.17, 15) is 4.79 Å². The van der Waals surface area contributed by atoms with Crippen LogP contribution in [0.5, 0.6) is 0 Å². The summed E-state index contributed by atoms with van der Waals surface area (Å²) in [5.74, 6) is 1.97. The first-order valence-electron chi connectivity index (χ1n) is 5.04. The molecule has 0 aliphatic heterocycles. The molecule has 0 amide bonds. The Kier molecular flexibility index (Phi) is 4.56. The van der Waals surface area contributed by atoms with Gasteiger partial charge in [-0.3, -0.25) is 4.79 Å². The minimum Gasteiger partial charge on any atom is -0.469 e. The number of esters is 1. The number of terminal acetylenes is 1. The van der Waals surface area contributed by atoms with Crippen LogP contribution in [-0.4, -0.2) is 19.6 Å². The van der Waals surface area contributed by atoms with Crippen LogP contribution in [0.15, 0.2) is 24.3 Å². The lowest BCUT2D eigenvalue weighted by molar-refractivity contribution is -0.145. The van der Waals surface area contributed by atoms with Crippen molar-refractivity contribution in [3.63, 3.8) is 0 Å². The average Bonchev–Trinajstić information content (AvgIpc) is 2.35. The molecular formula is C13H15NO2. The van der Waals surface area contributed by atoms with Crippen LogP contribution in [0.3, 0.4) is 0 Å². The van der Waals surface area contributed by atoms with Gasteiger partial charge in [-0.2, -0.15) is 0 Å². The third kappa shape index (κ3) is 3.11. The molecule has 0 aromatic heterocycles. The second-order valence-corrected chi connectivity index (χ2v) is 3.50. The van der Waals surface area contributed by atoms with Crippen LogP contribution in [0.4, 0.5) is 0 Å². The van der Waals surface area contributed by atoms with E-state index in [4.69, 9.17) is 12.2 Å². The van der Waals surface area contributed by atoms with Crippen molar-refractivity contribution in [2.75, 3.05) is 13.7 Å². The maximum atomic E-state index is 11.3. The van der Waals surface area contributed by atoms with Crippen LogP contribution < -0.4 is 5.73 Å². The smallest absolute Gasteiger partial charge is 0.310 e. The van der Waals surface area contributed by atoms with Gasteiger partial charge < -0.3 is 10.5 Å². The fourth-order valence-electron chi connectivity index (χ4n) is 1.45. The van der Waals surface area contributed by atoms with Gasteiger partial charge in [-0.1, -0.05) is 18.1 Å². The molecule has 0 bridgehead atoms. The topological polar surface area (TPSA) is 52.3 Å². The molecule has 3 heteroatoms. The lowest BCUT2D eigenvalue weighted by Gasteiger charge is -2.11. The second-order valence-electron chi connectivity index (χ2n) is 3.50. The van der Waals surface area contributed by atoms with Gasteiger partial charge >= 0.3 is 5.97 Å². The predicted molar refractivity (Wildman–Crippen MR) is 62.6 cm³/mol. The number of methoxy groups -OCH3 is 1. The van der Waals surface area contributed by atoms with Gasteiger partial charge in [-0.15, -0.1) is 6.42 Å². The maximum Gasteiger partial charge on any atom is 0.310 e. The fourth-order valence-corrected chi connectivity index (χ4v) is 1.45. The number of benzene rings is 1. The van der Waals surface area contributed by atoms with Gasteiger partial charge in [0.25, 0.3) is 0 Å². The first-order chi connectivity index (χ1) is 7.71. The Morgan fingerprint density at radius 1 is 1.50 bits per heavy atom. The number of hydrogen-bond acceptors (Lipinski definition) is 3. The maximum absolute atomic E-state index is 11.3. The first-order valence-corrected chi connectivity index (χ1v) is 5.04. The average molecular weight is 217 g/mol. The van der Waals surface area contributed by atoms with Crippen molar-refractivity contribution in [3.8, 4) is 12.3 Å². The van der Waals surface area contributed by atoms with Gasteiger partial charge in [0.05, 0.1) is 13.0 Å². The van der Waals surface area contributed by atoms with E-state index in [1.54, 1.807) is 0 Å². The van der Waals surface area contributed by atoms with Crippen molar-refractivity contribution < 1.29 is 9.53 Å². The number of nitrogens with two attached hydrogens (primary N) is 1. The number of carbonyl (C=O) groups excluding carboxylic acids is 1. The Morgan fingerprint density at radius 3 is 2.56 bits per heavy atom. The van der Waals surface area contributed by atoms with Gasteiger partial charge in [0.1, 0.15) is 0 Å². The molecule has 0 aliphatic rings. The highest BCUT2D eigenvalue weighted by atomic mass is 16.5. The number of hydrogen-bond donors (Lipinski definition) is 1. The molecule has 1 atom stereocenters. The summed E-state index contributed by atoms with van der Waals surface area (Å²) in [5.41, 5.74) is 7.37. The van der Waals surface area contributed by atoms with E-state index in [1.165, 1.54) is 7.11 Å². The quantitative estimate of drug-likeness (QED) is 0.603. The molecule has 1 unspecified atom stereocenters. The lowest BCUT2D eigenvalue weighted by atomic mass is 9.99. The molecule has 1 aromatic rings. The summed E-state index contributed by atoms with van der Waals surface area (Å²) in [7, 11) is 1.37. The van der Waals surface area contributed by atoms with Crippen LogP contribution in [0.1, 0.15) is 11.1 Å². The molecule has 16 heavy (non-hydrogen) atoms. The standard InChI is InChI=1S/C13H15NO2/c1-3-10-4-6-11(7-5-10)8-12(9-14)13(15)16-2/h1,4-7,12H,8-9,14H2,2H3. The van der Waals surface area contributed by atoms with Crippen molar-refractivity contribution in [1.82, 2.24) is 0 Å². The molecule has 0 fully saturated rings. The zero-order valence-corrected chi connectivity index (χ0v) is 9.27. The van der Waals surface area contributed by atoms with Crippen molar-refractivity contribution in [2.45, 2.75) is 6.42 Å². The van der Waals surface area contributed by atoms with Gasteiger partial charge in [0, 0.05) is 12.1 Å². The molecule has 0 saturated carbocycles. The number of ether oxygens (including phenoxy) is 1. The molecule has 3 nitrogen and oxygen atoms in total. The van der Waals surface area contributed by atoms with Crippen molar-refractivity contribution in [1.29, 1.82) is 0 Å². The van der Waals surface area contributed by atoms with Gasteiger partial charge in [0.15, 0.2) is 0 Å². The third-order valence-corrected chi connectivity index (χ3v) is 2.42. The fraction of sp³-hybridized carbons (Fsp3) is 0.308. The minimum atomic E-state index is -0.290. The molecule has 0 spiro atoms. The van der Waals surface area contributed by atoms with Gasteiger partial charge in [-0.05, 0) is 24.1 Å². The predicted octanol–water partition coefficient (Wildman–Crippen LogP) is 0.958. The molecule has 0 radical (unpaired) electrons. The Labute approximate surface area is 95.6 Å². The minimum absolute atomic E-state index is 0.275. The summed E-state index contributed by atoms with van der Waals surface area (Å²) >= 11 is 0. The van der Waals surface area contributed by atoms with E-state index in [2.05, 4.69) is 10.7 Å². The monoisotopic (exact) mass is 217 g/mol. The Bertz CT molecular complexity index is 389. The zero-order chi connectivity index (χ0) is 12.0. The van der Waals surface area contributed by atoms with E-state index in [0.717, 1.165) is 11.1 Å². The SMILES string of the molecule is C#Cc1ccc(CC(CN)C(=O)OC)cc1. The summed E-state index contributed by atoms with van der Waals surface area (Å²) in [5, 5.41) is 0. The molecular weight excluding hydrogens is 202 g/mol. The van der Waals surface area contributed by atoms with Crippen molar-refractivity contribution in [3.05, 3.63) is 35.4 Å². The molecule has 0 saturated heterocycles. The summed E-state index contributed by atoms with van der Waals surface area (Å²) < 4.78 is 4.67. The van der Waals surface area contributed by atoms with Crippen LogP contribution >= 0.6 is 0 Å². The van der Waals surface area contributed by atoms with Gasteiger partial charge in [-0.25, -0.2) is 0 Å². The number of rotatable bonds is 4. The molecule has 0 heterocycles. The van der Waals surface area contributed by atoms with Gasteiger partial charge in [0.2, 0.25) is 0 Å². The molecule has 0 aliphatic carbocycles. The van der Waals surface area contributed by atoms with Crippen LogP contribution in [-0.2, 0) is 16.0 Å². The van der Waals surface area contributed by atoms with E-state index < -0.39 is 0 Å². The largest absolute Gasteiger partial charge is 0.469 e. The van der Waals surface area contributed by atoms with Crippen LogP contribution in [0.25, 0.3) is 0 Å². The Hall–Kier alpha value is -1.79. The Morgan fingerprint density at radius 2 is 2.12 bits per heavy atom. The zero-order valence-electron chi connectivity index (χ0n) is 9.27. The molecule has 2 N–H and O–H groups in total. The molecule has 84 valence electrons. The normalized spacial score (nSPS) is 11.6. The third-order valence-electron chi connectivity index (χ3n) is 2.42.